The van der Waals surface area contributed by atoms with Gasteiger partial charge in [0.15, 0.2) is 24.8 Å². The van der Waals surface area contributed by atoms with Crippen LogP contribution < -0.4 is 4.74 Å². The molecule has 0 spiro atoms. The van der Waals surface area contributed by atoms with E-state index < -0.39 is 5.97 Å². The maximum Gasteiger partial charge on any atom is 0.344 e. The van der Waals surface area contributed by atoms with Crippen LogP contribution in [0.25, 0.3) is 10.9 Å². The summed E-state index contributed by atoms with van der Waals surface area (Å²) in [6.45, 7) is 4.12. The Kier molecular flexibility index (Phi) is 6.08. The number of halogens is 2. The number of carbonyl (C=O) groups excluding carboxylic acids is 1. The van der Waals surface area contributed by atoms with Crippen molar-refractivity contribution < 1.29 is 14.3 Å². The van der Waals surface area contributed by atoms with Gasteiger partial charge in [-0.25, -0.2) is 14.5 Å². The third-order valence-corrected chi connectivity index (χ3v) is 4.31. The molecule has 2 heterocycles. The topological polar surface area (TPSA) is 92.0 Å². The summed E-state index contributed by atoms with van der Waals surface area (Å²) in [4.78, 5) is 16.5. The molecule has 0 aliphatic rings. The SMILES string of the molecule is CCCn1nnnc1COC(=O)COc1c(Cl)cc(Cl)c2ccc(C)nc12. The van der Waals surface area contributed by atoms with Crippen molar-refractivity contribution in [1.82, 2.24) is 25.2 Å². The minimum absolute atomic E-state index is 0.0400. The first kappa shape index (κ1) is 19.3. The fraction of sp³-hybridized carbons (Fsp3) is 0.353. The first-order chi connectivity index (χ1) is 13.0. The van der Waals surface area contributed by atoms with Gasteiger partial charge in [0.25, 0.3) is 0 Å². The van der Waals surface area contributed by atoms with Gasteiger partial charge in [0.2, 0.25) is 0 Å². The van der Waals surface area contributed by atoms with E-state index in [-0.39, 0.29) is 24.0 Å². The van der Waals surface area contributed by atoms with Crippen molar-refractivity contribution in [3.8, 4) is 5.75 Å². The highest BCUT2D eigenvalue weighted by Crippen LogP contribution is 2.37. The predicted molar refractivity (Wildman–Crippen MR) is 99.9 cm³/mol. The number of nitrogens with zero attached hydrogens (tertiary/aromatic N) is 5. The molecule has 3 aromatic rings. The Labute approximate surface area is 165 Å². The monoisotopic (exact) mass is 409 g/mol. The molecule has 0 aliphatic heterocycles. The number of benzene rings is 1. The van der Waals surface area contributed by atoms with Crippen molar-refractivity contribution in [2.75, 3.05) is 6.61 Å². The largest absolute Gasteiger partial charge is 0.478 e. The van der Waals surface area contributed by atoms with Gasteiger partial charge < -0.3 is 9.47 Å². The normalized spacial score (nSPS) is 11.0. The van der Waals surface area contributed by atoms with E-state index in [0.717, 1.165) is 12.1 Å². The summed E-state index contributed by atoms with van der Waals surface area (Å²) in [5, 5.41) is 12.7. The number of hydrogen-bond acceptors (Lipinski definition) is 7. The van der Waals surface area contributed by atoms with Crippen LogP contribution in [0.15, 0.2) is 18.2 Å². The van der Waals surface area contributed by atoms with Gasteiger partial charge in [-0.15, -0.1) is 5.10 Å². The lowest BCUT2D eigenvalue weighted by molar-refractivity contribution is -0.147. The Morgan fingerprint density at radius 3 is 2.85 bits per heavy atom. The molecule has 0 amide bonds. The lowest BCUT2D eigenvalue weighted by Crippen LogP contribution is -2.17. The molecule has 0 aliphatic carbocycles. The molecule has 0 radical (unpaired) electrons. The van der Waals surface area contributed by atoms with Crippen LogP contribution in [0.2, 0.25) is 10.0 Å². The van der Waals surface area contributed by atoms with Crippen LogP contribution in [-0.2, 0) is 22.7 Å². The summed E-state index contributed by atoms with van der Waals surface area (Å²) in [5.74, 6) is 0.179. The molecule has 0 fully saturated rings. The minimum Gasteiger partial charge on any atom is -0.478 e. The summed E-state index contributed by atoms with van der Waals surface area (Å²) >= 11 is 12.4. The average molecular weight is 410 g/mol. The maximum absolute atomic E-state index is 12.0. The zero-order chi connectivity index (χ0) is 19.4. The fourth-order valence-corrected chi connectivity index (χ4v) is 3.03. The number of aromatic nitrogens is 5. The van der Waals surface area contributed by atoms with E-state index in [1.54, 1.807) is 10.7 Å². The number of aryl methyl sites for hydroxylation is 2. The third kappa shape index (κ3) is 4.45. The van der Waals surface area contributed by atoms with E-state index in [0.29, 0.717) is 28.3 Å². The number of rotatable bonds is 7. The summed E-state index contributed by atoms with van der Waals surface area (Å²) < 4.78 is 12.3. The lowest BCUT2D eigenvalue weighted by Gasteiger charge is -2.12. The van der Waals surface area contributed by atoms with Crippen molar-refractivity contribution in [3.05, 3.63) is 39.8 Å². The Balaban J connectivity index is 1.68. The van der Waals surface area contributed by atoms with Crippen LogP contribution >= 0.6 is 23.2 Å². The molecule has 0 unspecified atom stereocenters. The minimum atomic E-state index is -0.576. The molecule has 27 heavy (non-hydrogen) atoms. The molecule has 3 rings (SSSR count). The molecular weight excluding hydrogens is 393 g/mol. The second-order valence-electron chi connectivity index (χ2n) is 5.79. The molecule has 8 nitrogen and oxygen atoms in total. The molecule has 10 heteroatoms. The zero-order valence-electron chi connectivity index (χ0n) is 14.8. The molecule has 0 saturated carbocycles. The smallest absolute Gasteiger partial charge is 0.344 e. The molecule has 1 aromatic carbocycles. The highest BCUT2D eigenvalue weighted by molar-refractivity contribution is 6.39. The molecule has 0 atom stereocenters. The third-order valence-electron chi connectivity index (χ3n) is 3.72. The molecule has 142 valence electrons. The lowest BCUT2D eigenvalue weighted by atomic mass is 10.2. The summed E-state index contributed by atoms with van der Waals surface area (Å²) in [5.41, 5.74) is 1.27. The van der Waals surface area contributed by atoms with Gasteiger partial charge in [0.05, 0.1) is 10.0 Å². The van der Waals surface area contributed by atoms with Gasteiger partial charge >= 0.3 is 5.97 Å². The first-order valence-electron chi connectivity index (χ1n) is 8.28. The van der Waals surface area contributed by atoms with Crippen LogP contribution in [-0.4, -0.2) is 37.8 Å². The van der Waals surface area contributed by atoms with Crippen molar-refractivity contribution in [2.24, 2.45) is 0 Å². The van der Waals surface area contributed by atoms with E-state index in [9.17, 15) is 4.79 Å². The zero-order valence-corrected chi connectivity index (χ0v) is 16.3. The van der Waals surface area contributed by atoms with E-state index in [4.69, 9.17) is 32.7 Å². The number of fused-ring (bicyclic) bond motifs is 1. The maximum atomic E-state index is 12.0. The Morgan fingerprint density at radius 2 is 2.07 bits per heavy atom. The van der Waals surface area contributed by atoms with Crippen molar-refractivity contribution >= 4 is 40.1 Å². The van der Waals surface area contributed by atoms with E-state index in [2.05, 4.69) is 20.5 Å². The van der Waals surface area contributed by atoms with E-state index in [1.807, 2.05) is 26.0 Å². The molecule has 0 bridgehead atoms. The standard InChI is InChI=1S/C17H17Cl2N5O3/c1-3-6-24-14(21-22-23-24)8-26-15(25)9-27-17-13(19)7-12(18)11-5-4-10(2)20-16(11)17/h4-5,7H,3,6,8-9H2,1-2H3. The van der Waals surface area contributed by atoms with Crippen molar-refractivity contribution in [1.29, 1.82) is 0 Å². The van der Waals surface area contributed by atoms with Gasteiger partial charge in [-0.1, -0.05) is 30.1 Å². The highest BCUT2D eigenvalue weighted by atomic mass is 35.5. The summed E-state index contributed by atoms with van der Waals surface area (Å²) in [6.07, 6.45) is 0.865. The van der Waals surface area contributed by atoms with E-state index >= 15 is 0 Å². The number of esters is 1. The number of carbonyl (C=O) groups is 1. The highest BCUT2D eigenvalue weighted by Gasteiger charge is 2.16. The number of hydrogen-bond donors (Lipinski definition) is 0. The fourth-order valence-electron chi connectivity index (χ4n) is 2.46. The van der Waals surface area contributed by atoms with Crippen molar-refractivity contribution in [3.63, 3.8) is 0 Å². The quantitative estimate of drug-likeness (QED) is 0.552. The van der Waals surface area contributed by atoms with Crippen LogP contribution in [0.1, 0.15) is 24.9 Å². The van der Waals surface area contributed by atoms with Gasteiger partial charge in [-0.3, -0.25) is 0 Å². The average Bonchev–Trinajstić information content (AvgIpc) is 3.07. The molecular formula is C17H17Cl2N5O3. The molecule has 2 aromatic heterocycles. The molecule has 0 N–H and O–H groups in total. The van der Waals surface area contributed by atoms with Crippen LogP contribution in [0, 0.1) is 6.92 Å². The Hall–Kier alpha value is -2.45. The van der Waals surface area contributed by atoms with Gasteiger partial charge in [-0.05, 0) is 42.0 Å². The number of pyridine rings is 1. The van der Waals surface area contributed by atoms with Crippen LogP contribution in [0.5, 0.6) is 5.75 Å². The second kappa shape index (κ2) is 8.49. The van der Waals surface area contributed by atoms with Gasteiger partial charge in [-0.2, -0.15) is 0 Å². The molecule has 0 saturated heterocycles. The summed E-state index contributed by atoms with van der Waals surface area (Å²) in [6, 6.07) is 5.22. The first-order valence-corrected chi connectivity index (χ1v) is 9.04. The Morgan fingerprint density at radius 1 is 1.26 bits per heavy atom. The van der Waals surface area contributed by atoms with Gasteiger partial charge in [0.1, 0.15) is 5.52 Å². The number of ether oxygens (including phenoxy) is 2. The van der Waals surface area contributed by atoms with Crippen LogP contribution in [0.4, 0.5) is 0 Å². The van der Waals surface area contributed by atoms with Gasteiger partial charge in [0, 0.05) is 17.6 Å². The van der Waals surface area contributed by atoms with Crippen molar-refractivity contribution in [2.45, 2.75) is 33.4 Å². The van der Waals surface area contributed by atoms with Crippen LogP contribution in [0.3, 0.4) is 0 Å². The number of tetrazole rings is 1. The summed E-state index contributed by atoms with van der Waals surface area (Å²) in [7, 11) is 0. The Bertz CT molecular complexity index is 977. The predicted octanol–water partition coefficient (Wildman–Crippen LogP) is 3.37. The second-order valence-corrected chi connectivity index (χ2v) is 6.60. The van der Waals surface area contributed by atoms with E-state index in [1.165, 1.54) is 0 Å².